The molecule has 0 radical (unpaired) electrons. The van der Waals surface area contributed by atoms with Gasteiger partial charge in [0.05, 0.1) is 7.11 Å². The average Bonchev–Trinajstić information content (AvgIpc) is 2.32. The number of nitrogens with zero attached hydrogens (tertiary/aromatic N) is 2. The van der Waals surface area contributed by atoms with Crippen LogP contribution in [0.5, 0.6) is 0 Å². The molecule has 1 fully saturated rings. The molecule has 0 spiro atoms. The number of methoxy groups -OCH3 is 1. The van der Waals surface area contributed by atoms with Crippen molar-refractivity contribution in [2.24, 2.45) is 0 Å². The fourth-order valence-electron chi connectivity index (χ4n) is 0.850. The van der Waals surface area contributed by atoms with Crippen LogP contribution in [-0.4, -0.2) is 48.5 Å². The minimum atomic E-state index is -0.808. The van der Waals surface area contributed by atoms with Crippen LogP contribution in [-0.2, 0) is 9.53 Å². The van der Waals surface area contributed by atoms with Crippen LogP contribution in [0, 0.1) is 0 Å². The van der Waals surface area contributed by atoms with E-state index in [1.807, 2.05) is 0 Å². The largest absolute Gasteiger partial charge is 0.452 e. The highest BCUT2D eigenvalue weighted by Crippen LogP contribution is 2.08. The smallest absolute Gasteiger partial charge is 0.418 e. The molecule has 0 aliphatic carbocycles. The first kappa shape index (κ1) is 8.51. The highest BCUT2D eigenvalue weighted by atomic mass is 16.5. The maximum Gasteiger partial charge on any atom is 0.418 e. The molecule has 12 heavy (non-hydrogen) atoms. The van der Waals surface area contributed by atoms with Gasteiger partial charge in [0.1, 0.15) is 6.54 Å². The topological polar surface area (TPSA) is 66.9 Å². The molecule has 0 saturated carbocycles. The Morgan fingerprint density at radius 1 is 1.50 bits per heavy atom. The third-order valence-electron chi connectivity index (χ3n) is 1.58. The quantitative estimate of drug-likeness (QED) is 0.468. The van der Waals surface area contributed by atoms with E-state index in [4.69, 9.17) is 0 Å². The van der Waals surface area contributed by atoms with E-state index in [9.17, 15) is 14.4 Å². The van der Waals surface area contributed by atoms with E-state index >= 15 is 0 Å². The molecule has 1 aliphatic heterocycles. The van der Waals surface area contributed by atoms with Crippen molar-refractivity contribution in [1.82, 2.24) is 9.80 Å². The van der Waals surface area contributed by atoms with Gasteiger partial charge < -0.3 is 4.74 Å². The summed E-state index contributed by atoms with van der Waals surface area (Å²) >= 11 is 0. The Kier molecular flexibility index (Phi) is 1.99. The van der Waals surface area contributed by atoms with Gasteiger partial charge in [-0.2, -0.15) is 0 Å². The number of rotatable bonds is 0. The third-order valence-corrected chi connectivity index (χ3v) is 1.58. The van der Waals surface area contributed by atoms with Crippen molar-refractivity contribution in [3.05, 3.63) is 0 Å². The summed E-state index contributed by atoms with van der Waals surface area (Å²) in [5, 5.41) is 0. The van der Waals surface area contributed by atoms with Gasteiger partial charge in [-0.1, -0.05) is 0 Å². The lowest BCUT2D eigenvalue weighted by Crippen LogP contribution is -2.34. The SMILES string of the molecule is COC(=O)N1CC(=O)N(C)C1=O. The van der Waals surface area contributed by atoms with E-state index in [1.165, 1.54) is 7.05 Å². The van der Waals surface area contributed by atoms with E-state index < -0.39 is 18.0 Å². The first-order valence-electron chi connectivity index (χ1n) is 3.24. The van der Waals surface area contributed by atoms with Gasteiger partial charge >= 0.3 is 12.1 Å². The zero-order valence-corrected chi connectivity index (χ0v) is 6.73. The number of carbonyl (C=O) groups is 3. The number of carbonyl (C=O) groups excluding carboxylic acids is 3. The number of amides is 4. The molecule has 1 heterocycles. The second-order valence-corrected chi connectivity index (χ2v) is 2.29. The van der Waals surface area contributed by atoms with Crippen LogP contribution >= 0.6 is 0 Å². The summed E-state index contributed by atoms with van der Waals surface area (Å²) in [6, 6.07) is -0.646. The van der Waals surface area contributed by atoms with E-state index in [-0.39, 0.29) is 6.54 Å². The van der Waals surface area contributed by atoms with Gasteiger partial charge in [-0.3, -0.25) is 9.69 Å². The number of hydrogen-bond donors (Lipinski definition) is 0. The predicted octanol–water partition coefficient (Wildman–Crippen LogP) is -0.353. The number of likely N-dealkylation sites (N-methyl/N-ethyl adjacent to an activating group) is 1. The van der Waals surface area contributed by atoms with Crippen molar-refractivity contribution >= 4 is 18.0 Å². The Balaban J connectivity index is 2.78. The van der Waals surface area contributed by atoms with Gasteiger partial charge in [0.2, 0.25) is 0 Å². The summed E-state index contributed by atoms with van der Waals surface area (Å²) in [6.45, 7) is -0.234. The van der Waals surface area contributed by atoms with Crippen LogP contribution in [0.25, 0.3) is 0 Å². The van der Waals surface area contributed by atoms with Crippen LogP contribution < -0.4 is 0 Å². The molecule has 4 amide bonds. The minimum absolute atomic E-state index is 0.234. The van der Waals surface area contributed by atoms with Gasteiger partial charge in [-0.25, -0.2) is 14.5 Å². The molecule has 6 heteroatoms. The molecule has 66 valence electrons. The van der Waals surface area contributed by atoms with Gasteiger partial charge in [0.25, 0.3) is 5.91 Å². The van der Waals surface area contributed by atoms with Crippen LogP contribution in [0.1, 0.15) is 0 Å². The Morgan fingerprint density at radius 3 is 2.42 bits per heavy atom. The molecule has 1 saturated heterocycles. The predicted molar refractivity (Wildman–Crippen MR) is 37.3 cm³/mol. The highest BCUT2D eigenvalue weighted by Gasteiger charge is 2.37. The van der Waals surface area contributed by atoms with Crippen molar-refractivity contribution in [2.75, 3.05) is 20.7 Å². The van der Waals surface area contributed by atoms with Crippen molar-refractivity contribution < 1.29 is 19.1 Å². The molecule has 0 bridgehead atoms. The number of ether oxygens (including phenoxy) is 1. The molecule has 1 aliphatic rings. The lowest BCUT2D eigenvalue weighted by molar-refractivity contribution is -0.124. The molecule has 0 aromatic rings. The van der Waals surface area contributed by atoms with Gasteiger partial charge in [-0.15, -0.1) is 0 Å². The standard InChI is InChI=1S/C6H8N2O4/c1-7-4(9)3-8(5(7)10)6(11)12-2/h3H2,1-2H3. The van der Waals surface area contributed by atoms with Crippen molar-refractivity contribution in [3.8, 4) is 0 Å². The lowest BCUT2D eigenvalue weighted by atomic mass is 10.6. The van der Waals surface area contributed by atoms with E-state index in [0.717, 1.165) is 16.9 Å². The molecule has 0 aromatic heterocycles. The fourth-order valence-corrected chi connectivity index (χ4v) is 0.850. The summed E-state index contributed by atoms with van der Waals surface area (Å²) in [4.78, 5) is 34.3. The van der Waals surface area contributed by atoms with Crippen molar-refractivity contribution in [3.63, 3.8) is 0 Å². The van der Waals surface area contributed by atoms with Crippen LogP contribution in [0.15, 0.2) is 0 Å². The number of imide groups is 2. The number of urea groups is 1. The number of hydrogen-bond acceptors (Lipinski definition) is 4. The van der Waals surface area contributed by atoms with Gasteiger partial charge in [-0.05, 0) is 0 Å². The maximum absolute atomic E-state index is 11.0. The normalized spacial score (nSPS) is 17.2. The van der Waals surface area contributed by atoms with Crippen molar-refractivity contribution in [2.45, 2.75) is 0 Å². The molecular weight excluding hydrogens is 164 g/mol. The molecule has 0 aromatic carbocycles. The lowest BCUT2D eigenvalue weighted by Gasteiger charge is -2.09. The molecule has 0 N–H and O–H groups in total. The molecule has 1 rings (SSSR count). The van der Waals surface area contributed by atoms with Crippen LogP contribution in [0.4, 0.5) is 9.59 Å². The summed E-state index contributed by atoms with van der Waals surface area (Å²) < 4.78 is 4.29. The first-order chi connectivity index (χ1) is 5.57. The Labute approximate surface area is 68.7 Å². The monoisotopic (exact) mass is 172 g/mol. The van der Waals surface area contributed by atoms with E-state index in [0.29, 0.717) is 0 Å². The Morgan fingerprint density at radius 2 is 2.08 bits per heavy atom. The van der Waals surface area contributed by atoms with Crippen LogP contribution in [0.2, 0.25) is 0 Å². The molecular formula is C6H8N2O4. The van der Waals surface area contributed by atoms with Gasteiger partial charge in [0, 0.05) is 7.05 Å². The second kappa shape index (κ2) is 2.80. The molecule has 0 unspecified atom stereocenters. The highest BCUT2D eigenvalue weighted by molar-refractivity contribution is 6.08. The molecule has 0 atom stereocenters. The summed E-state index contributed by atoms with van der Waals surface area (Å²) in [5.74, 6) is -0.412. The second-order valence-electron chi connectivity index (χ2n) is 2.29. The Bertz CT molecular complexity index is 250. The summed E-state index contributed by atoms with van der Waals surface area (Å²) in [6.07, 6.45) is -0.808. The zero-order valence-electron chi connectivity index (χ0n) is 6.73. The first-order valence-corrected chi connectivity index (χ1v) is 3.24. The summed E-state index contributed by atoms with van der Waals surface area (Å²) in [5.41, 5.74) is 0. The summed E-state index contributed by atoms with van der Waals surface area (Å²) in [7, 11) is 2.46. The average molecular weight is 172 g/mol. The maximum atomic E-state index is 11.0. The van der Waals surface area contributed by atoms with Crippen LogP contribution in [0.3, 0.4) is 0 Å². The van der Waals surface area contributed by atoms with E-state index in [2.05, 4.69) is 4.74 Å². The Hall–Kier alpha value is -1.59. The molecule has 6 nitrogen and oxygen atoms in total. The third kappa shape index (κ3) is 1.11. The zero-order chi connectivity index (χ0) is 9.30. The fraction of sp³-hybridized carbons (Fsp3) is 0.500. The van der Waals surface area contributed by atoms with Crippen molar-refractivity contribution in [1.29, 1.82) is 0 Å². The minimum Gasteiger partial charge on any atom is -0.452 e. The van der Waals surface area contributed by atoms with E-state index in [1.54, 1.807) is 0 Å². The van der Waals surface area contributed by atoms with Gasteiger partial charge in [0.15, 0.2) is 0 Å².